The second kappa shape index (κ2) is 9.84. The summed E-state index contributed by atoms with van der Waals surface area (Å²) in [6, 6.07) is 0. The van der Waals surface area contributed by atoms with Gasteiger partial charge in [0.15, 0.2) is 0 Å². The molecule has 1 heterocycles. The number of hydrogen-bond donors (Lipinski definition) is 3. The Morgan fingerprint density at radius 2 is 2.04 bits per heavy atom. The van der Waals surface area contributed by atoms with Gasteiger partial charge in [0, 0.05) is 38.1 Å². The van der Waals surface area contributed by atoms with Gasteiger partial charge in [0.1, 0.15) is 5.54 Å². The zero-order chi connectivity index (χ0) is 19.4. The van der Waals surface area contributed by atoms with Gasteiger partial charge in [-0.2, -0.15) is 0 Å². The second-order valence-electron chi connectivity index (χ2n) is 7.75. The Bertz CT molecular complexity index is 595. The summed E-state index contributed by atoms with van der Waals surface area (Å²) < 4.78 is 37.8. The van der Waals surface area contributed by atoms with E-state index in [2.05, 4.69) is 10.0 Å². The first-order valence-electron chi connectivity index (χ1n) is 9.40. The van der Waals surface area contributed by atoms with Crippen molar-refractivity contribution >= 4 is 28.3 Å². The van der Waals surface area contributed by atoms with Crippen LogP contribution in [0.5, 0.6) is 0 Å². The molecule has 10 heteroatoms. The molecule has 1 aliphatic carbocycles. The zero-order valence-electron chi connectivity index (χ0n) is 16.5. The third kappa shape index (κ3) is 5.77. The highest BCUT2D eigenvalue weighted by molar-refractivity contribution is 7.89. The van der Waals surface area contributed by atoms with E-state index in [0.717, 1.165) is 19.3 Å². The fourth-order valence-corrected chi connectivity index (χ4v) is 4.49. The van der Waals surface area contributed by atoms with E-state index < -0.39 is 21.0 Å². The molecule has 27 heavy (non-hydrogen) atoms. The standard InChI is InChI=1S/C17H33N3O5S.ClH/c1-4-24-14-11-17(18,16(14,2)3)15(21)19-8-10-26(22,23)20-12-13-7-5-6-9-25-13;/h13-14,20H,4-12,18H2,1-3H3,(H,19,21);1H. The normalized spacial score (nSPS) is 30.1. The second-order valence-corrected chi connectivity index (χ2v) is 9.68. The van der Waals surface area contributed by atoms with Gasteiger partial charge in [0.2, 0.25) is 15.9 Å². The SMILES string of the molecule is CCOC1CC(N)(C(=O)NCCS(=O)(=O)NCC2CCCCO2)C1(C)C.Cl. The predicted molar refractivity (Wildman–Crippen MR) is 106 cm³/mol. The van der Waals surface area contributed by atoms with Crippen LogP contribution in [0.1, 0.15) is 46.5 Å². The van der Waals surface area contributed by atoms with Gasteiger partial charge in [-0.25, -0.2) is 13.1 Å². The summed E-state index contributed by atoms with van der Waals surface area (Å²) in [5, 5.41) is 2.67. The summed E-state index contributed by atoms with van der Waals surface area (Å²) in [4.78, 5) is 12.5. The largest absolute Gasteiger partial charge is 0.378 e. The molecule has 2 fully saturated rings. The van der Waals surface area contributed by atoms with Crippen LogP contribution < -0.4 is 15.8 Å². The lowest BCUT2D eigenvalue weighted by molar-refractivity contribution is -0.170. The lowest BCUT2D eigenvalue weighted by Crippen LogP contribution is -2.75. The van der Waals surface area contributed by atoms with Crippen LogP contribution in [0.4, 0.5) is 0 Å². The summed E-state index contributed by atoms with van der Waals surface area (Å²) in [5.41, 5.74) is 4.74. The highest BCUT2D eigenvalue weighted by atomic mass is 35.5. The topological polar surface area (TPSA) is 120 Å². The van der Waals surface area contributed by atoms with Gasteiger partial charge < -0.3 is 20.5 Å². The van der Waals surface area contributed by atoms with Gasteiger partial charge in [0.25, 0.3) is 0 Å². The molecule has 0 aromatic rings. The molecule has 0 aromatic heterocycles. The summed E-state index contributed by atoms with van der Waals surface area (Å²) >= 11 is 0. The number of amides is 1. The lowest BCUT2D eigenvalue weighted by Gasteiger charge is -2.57. The Hall–Kier alpha value is -0.450. The highest BCUT2D eigenvalue weighted by Crippen LogP contribution is 2.49. The highest BCUT2D eigenvalue weighted by Gasteiger charge is 2.62. The maximum atomic E-state index is 12.5. The Morgan fingerprint density at radius 1 is 1.33 bits per heavy atom. The van der Waals surface area contributed by atoms with E-state index in [1.165, 1.54) is 0 Å². The van der Waals surface area contributed by atoms with Crippen LogP contribution in [0.15, 0.2) is 0 Å². The average molecular weight is 428 g/mol. The van der Waals surface area contributed by atoms with Crippen LogP contribution in [-0.4, -0.2) is 64.1 Å². The molecule has 3 unspecified atom stereocenters. The van der Waals surface area contributed by atoms with Gasteiger partial charge in [-0.15, -0.1) is 12.4 Å². The molecule has 0 bridgehead atoms. The van der Waals surface area contributed by atoms with E-state index in [0.29, 0.717) is 19.6 Å². The first-order chi connectivity index (χ1) is 12.1. The van der Waals surface area contributed by atoms with Crippen molar-refractivity contribution < 1.29 is 22.7 Å². The first kappa shape index (κ1) is 24.6. The quantitative estimate of drug-likeness (QED) is 0.494. The molecule has 2 rings (SSSR count). The van der Waals surface area contributed by atoms with Crippen molar-refractivity contribution in [2.45, 2.75) is 64.2 Å². The first-order valence-corrected chi connectivity index (χ1v) is 11.1. The molecule has 1 saturated heterocycles. The van der Waals surface area contributed by atoms with Crippen molar-refractivity contribution in [3.8, 4) is 0 Å². The molecule has 160 valence electrons. The van der Waals surface area contributed by atoms with Crippen molar-refractivity contribution in [3.05, 3.63) is 0 Å². The molecule has 1 aliphatic heterocycles. The predicted octanol–water partition coefficient (Wildman–Crippen LogP) is 0.545. The molecule has 0 aromatic carbocycles. The molecule has 8 nitrogen and oxygen atoms in total. The number of sulfonamides is 1. The van der Waals surface area contributed by atoms with Crippen molar-refractivity contribution in [2.24, 2.45) is 11.1 Å². The van der Waals surface area contributed by atoms with E-state index in [9.17, 15) is 13.2 Å². The molecule has 3 atom stereocenters. The number of hydrogen-bond acceptors (Lipinski definition) is 6. The third-order valence-corrected chi connectivity index (χ3v) is 7.04. The monoisotopic (exact) mass is 427 g/mol. The number of nitrogens with two attached hydrogens (primary N) is 1. The summed E-state index contributed by atoms with van der Waals surface area (Å²) in [5.74, 6) is -0.513. The molecule has 2 aliphatic rings. The Morgan fingerprint density at radius 3 is 2.59 bits per heavy atom. The fourth-order valence-electron chi connectivity index (χ4n) is 3.54. The van der Waals surface area contributed by atoms with Crippen LogP contribution >= 0.6 is 12.4 Å². The van der Waals surface area contributed by atoms with Gasteiger partial charge in [0.05, 0.1) is 18.0 Å². The van der Waals surface area contributed by atoms with Gasteiger partial charge >= 0.3 is 0 Å². The van der Waals surface area contributed by atoms with Gasteiger partial charge in [-0.3, -0.25) is 4.79 Å². The number of ether oxygens (including phenoxy) is 2. The third-order valence-electron chi connectivity index (χ3n) is 5.70. The maximum Gasteiger partial charge on any atom is 0.240 e. The summed E-state index contributed by atoms with van der Waals surface area (Å²) in [6.45, 7) is 7.26. The molecule has 4 N–H and O–H groups in total. The summed E-state index contributed by atoms with van der Waals surface area (Å²) in [7, 11) is -3.47. The van der Waals surface area contributed by atoms with Crippen LogP contribution in [0, 0.1) is 5.41 Å². The van der Waals surface area contributed by atoms with Crippen molar-refractivity contribution in [1.29, 1.82) is 0 Å². The van der Waals surface area contributed by atoms with Crippen LogP contribution in [0.25, 0.3) is 0 Å². The van der Waals surface area contributed by atoms with Crippen molar-refractivity contribution in [1.82, 2.24) is 10.0 Å². The minimum Gasteiger partial charge on any atom is -0.378 e. The minimum absolute atomic E-state index is 0. The molecular weight excluding hydrogens is 394 g/mol. The van der Waals surface area contributed by atoms with Crippen LogP contribution in [0.2, 0.25) is 0 Å². The minimum atomic E-state index is -3.47. The van der Waals surface area contributed by atoms with Crippen LogP contribution in [0.3, 0.4) is 0 Å². The molecular formula is C17H34ClN3O5S. The Kier molecular flexibility index (Phi) is 8.97. The number of carbonyl (C=O) groups excluding carboxylic acids is 1. The Balaban J connectivity index is 0.00000364. The average Bonchev–Trinajstić information content (AvgIpc) is 2.60. The van der Waals surface area contributed by atoms with E-state index in [4.69, 9.17) is 15.2 Å². The Labute approximate surface area is 168 Å². The van der Waals surface area contributed by atoms with Gasteiger partial charge in [-0.1, -0.05) is 13.8 Å². The van der Waals surface area contributed by atoms with Gasteiger partial charge in [-0.05, 0) is 26.2 Å². The molecule has 0 spiro atoms. The fraction of sp³-hybridized carbons (Fsp3) is 0.941. The molecule has 1 amide bonds. The van der Waals surface area contributed by atoms with Crippen LogP contribution in [-0.2, 0) is 24.3 Å². The lowest BCUT2D eigenvalue weighted by atomic mass is 9.54. The number of carbonyl (C=O) groups is 1. The molecule has 1 saturated carbocycles. The van der Waals surface area contributed by atoms with Crippen molar-refractivity contribution in [3.63, 3.8) is 0 Å². The number of nitrogens with one attached hydrogen (secondary N) is 2. The molecule has 0 radical (unpaired) electrons. The van der Waals surface area contributed by atoms with E-state index >= 15 is 0 Å². The smallest absolute Gasteiger partial charge is 0.240 e. The summed E-state index contributed by atoms with van der Waals surface area (Å²) in [6.07, 6.45) is 3.25. The maximum absolute atomic E-state index is 12.5. The number of halogens is 1. The van der Waals surface area contributed by atoms with E-state index in [1.807, 2.05) is 20.8 Å². The zero-order valence-corrected chi connectivity index (χ0v) is 18.1. The number of rotatable bonds is 9. The van der Waals surface area contributed by atoms with E-state index in [-0.39, 0.29) is 49.4 Å². The van der Waals surface area contributed by atoms with Crippen molar-refractivity contribution in [2.75, 3.05) is 32.1 Å². The van der Waals surface area contributed by atoms with E-state index in [1.54, 1.807) is 0 Å².